The van der Waals surface area contributed by atoms with Gasteiger partial charge in [-0.25, -0.2) is 4.98 Å². The first-order valence-electron chi connectivity index (χ1n) is 6.60. The second-order valence-corrected chi connectivity index (χ2v) is 5.57. The molecule has 0 bridgehead atoms. The molecule has 0 aliphatic carbocycles. The summed E-state index contributed by atoms with van der Waals surface area (Å²) in [4.78, 5) is 4.36. The fourth-order valence-electron chi connectivity index (χ4n) is 2.37. The molecule has 0 saturated carbocycles. The zero-order valence-corrected chi connectivity index (χ0v) is 12.2. The lowest BCUT2D eigenvalue weighted by Gasteiger charge is -2.10. The standard InChI is InChI=1S/C16H16ClN3/c1-10(2)11-6-8-12(9-7-11)20-15-13(17)4-3-5-14(15)19-16(20)18/h3-10H,1-2H3,(H2,18,19). The number of fused-ring (bicyclic) bond motifs is 1. The molecule has 20 heavy (non-hydrogen) atoms. The van der Waals surface area contributed by atoms with Crippen LogP contribution in [0.1, 0.15) is 25.3 Å². The van der Waals surface area contributed by atoms with E-state index in [-0.39, 0.29) is 0 Å². The van der Waals surface area contributed by atoms with Gasteiger partial charge in [0.1, 0.15) is 0 Å². The predicted molar refractivity (Wildman–Crippen MR) is 84.6 cm³/mol. The van der Waals surface area contributed by atoms with Crippen molar-refractivity contribution in [3.63, 3.8) is 0 Å². The van der Waals surface area contributed by atoms with E-state index in [1.807, 2.05) is 22.8 Å². The molecule has 2 N–H and O–H groups in total. The Hall–Kier alpha value is -2.00. The molecule has 1 heterocycles. The third-order valence-electron chi connectivity index (χ3n) is 3.47. The van der Waals surface area contributed by atoms with Crippen molar-refractivity contribution in [2.24, 2.45) is 0 Å². The maximum atomic E-state index is 6.29. The van der Waals surface area contributed by atoms with Crippen molar-refractivity contribution in [3.8, 4) is 5.69 Å². The van der Waals surface area contributed by atoms with Crippen LogP contribution < -0.4 is 5.73 Å². The highest BCUT2D eigenvalue weighted by Crippen LogP contribution is 2.29. The van der Waals surface area contributed by atoms with Gasteiger partial charge in [0.15, 0.2) is 0 Å². The number of nitrogens with two attached hydrogens (primary N) is 1. The lowest BCUT2D eigenvalue weighted by Crippen LogP contribution is -2.01. The normalized spacial score (nSPS) is 11.4. The first kappa shape index (κ1) is 13.0. The van der Waals surface area contributed by atoms with E-state index in [0.717, 1.165) is 16.7 Å². The summed E-state index contributed by atoms with van der Waals surface area (Å²) in [6, 6.07) is 14.0. The Morgan fingerprint density at radius 2 is 1.80 bits per heavy atom. The zero-order chi connectivity index (χ0) is 14.3. The highest BCUT2D eigenvalue weighted by Gasteiger charge is 2.12. The molecule has 0 saturated heterocycles. The summed E-state index contributed by atoms with van der Waals surface area (Å²) in [5.41, 5.74) is 9.97. The minimum absolute atomic E-state index is 0.449. The van der Waals surface area contributed by atoms with E-state index in [4.69, 9.17) is 17.3 Å². The van der Waals surface area contributed by atoms with Gasteiger partial charge in [-0.2, -0.15) is 0 Å². The van der Waals surface area contributed by atoms with E-state index in [0.29, 0.717) is 16.9 Å². The molecule has 0 aliphatic rings. The van der Waals surface area contributed by atoms with E-state index in [1.54, 1.807) is 0 Å². The molecule has 3 nitrogen and oxygen atoms in total. The summed E-state index contributed by atoms with van der Waals surface area (Å²) < 4.78 is 1.89. The molecule has 4 heteroatoms. The summed E-state index contributed by atoms with van der Waals surface area (Å²) >= 11 is 6.29. The number of anilines is 1. The highest BCUT2D eigenvalue weighted by molar-refractivity contribution is 6.35. The third-order valence-corrected chi connectivity index (χ3v) is 3.78. The van der Waals surface area contributed by atoms with Gasteiger partial charge in [0.25, 0.3) is 0 Å². The second kappa shape index (κ2) is 4.84. The molecule has 0 amide bonds. The molecule has 102 valence electrons. The van der Waals surface area contributed by atoms with E-state index in [9.17, 15) is 0 Å². The molecule has 2 aromatic carbocycles. The van der Waals surface area contributed by atoms with E-state index >= 15 is 0 Å². The van der Waals surface area contributed by atoms with Crippen LogP contribution in [0.25, 0.3) is 16.7 Å². The number of nitrogens with zero attached hydrogens (tertiary/aromatic N) is 2. The van der Waals surface area contributed by atoms with Crippen LogP contribution in [0.3, 0.4) is 0 Å². The van der Waals surface area contributed by atoms with Gasteiger partial charge >= 0.3 is 0 Å². The summed E-state index contributed by atoms with van der Waals surface area (Å²) in [5.74, 6) is 0.954. The highest BCUT2D eigenvalue weighted by atomic mass is 35.5. The topological polar surface area (TPSA) is 43.8 Å². The smallest absolute Gasteiger partial charge is 0.205 e. The number of para-hydroxylation sites is 1. The maximum absolute atomic E-state index is 6.29. The lowest BCUT2D eigenvalue weighted by molar-refractivity contribution is 0.865. The number of halogens is 1. The molecule has 0 unspecified atom stereocenters. The zero-order valence-electron chi connectivity index (χ0n) is 11.5. The molecule has 3 rings (SSSR count). The van der Waals surface area contributed by atoms with Crippen molar-refractivity contribution in [3.05, 3.63) is 53.1 Å². The second-order valence-electron chi connectivity index (χ2n) is 5.16. The minimum Gasteiger partial charge on any atom is -0.369 e. The molecule has 1 aromatic heterocycles. The van der Waals surface area contributed by atoms with Crippen LogP contribution in [0.15, 0.2) is 42.5 Å². The molecule has 0 spiro atoms. The number of imidazole rings is 1. The van der Waals surface area contributed by atoms with Gasteiger partial charge in [0.05, 0.1) is 16.1 Å². The Balaban J connectivity index is 2.21. The van der Waals surface area contributed by atoms with Crippen molar-refractivity contribution in [1.29, 1.82) is 0 Å². The van der Waals surface area contributed by atoms with Gasteiger partial charge in [0, 0.05) is 5.69 Å². The fraction of sp³-hybridized carbons (Fsp3) is 0.188. The molecule has 0 aliphatic heterocycles. The van der Waals surface area contributed by atoms with E-state index < -0.39 is 0 Å². The van der Waals surface area contributed by atoms with Gasteiger partial charge in [-0.3, -0.25) is 4.57 Å². The number of hydrogen-bond donors (Lipinski definition) is 1. The van der Waals surface area contributed by atoms with Crippen molar-refractivity contribution in [2.75, 3.05) is 5.73 Å². The molecular formula is C16H16ClN3. The summed E-state index contributed by atoms with van der Waals surface area (Å²) in [7, 11) is 0. The van der Waals surface area contributed by atoms with Crippen molar-refractivity contribution >= 4 is 28.6 Å². The third kappa shape index (κ3) is 2.04. The van der Waals surface area contributed by atoms with Crippen molar-refractivity contribution in [2.45, 2.75) is 19.8 Å². The van der Waals surface area contributed by atoms with Gasteiger partial charge in [-0.15, -0.1) is 0 Å². The quantitative estimate of drug-likeness (QED) is 0.759. The Morgan fingerprint density at radius 3 is 2.45 bits per heavy atom. The SMILES string of the molecule is CC(C)c1ccc(-n2c(N)nc3cccc(Cl)c32)cc1. The first-order chi connectivity index (χ1) is 9.58. The number of benzene rings is 2. The van der Waals surface area contributed by atoms with E-state index in [1.165, 1.54) is 5.56 Å². The molecule has 0 fully saturated rings. The van der Waals surface area contributed by atoms with Crippen LogP contribution in [-0.2, 0) is 0 Å². The molecular weight excluding hydrogens is 270 g/mol. The number of rotatable bonds is 2. The Kier molecular flexibility index (Phi) is 3.14. The van der Waals surface area contributed by atoms with Crippen LogP contribution >= 0.6 is 11.6 Å². The number of aromatic nitrogens is 2. The number of nitrogen functional groups attached to an aromatic ring is 1. The van der Waals surface area contributed by atoms with Gasteiger partial charge in [-0.05, 0) is 35.7 Å². The monoisotopic (exact) mass is 285 g/mol. The maximum Gasteiger partial charge on any atom is 0.205 e. The Labute approximate surface area is 123 Å². The predicted octanol–water partition coefficient (Wildman–Crippen LogP) is 4.38. The van der Waals surface area contributed by atoms with Crippen LogP contribution in [0.5, 0.6) is 0 Å². The Bertz CT molecular complexity index is 757. The van der Waals surface area contributed by atoms with Crippen LogP contribution in [-0.4, -0.2) is 9.55 Å². The first-order valence-corrected chi connectivity index (χ1v) is 6.98. The van der Waals surface area contributed by atoms with Crippen LogP contribution in [0.2, 0.25) is 5.02 Å². The molecule has 3 aromatic rings. The average Bonchev–Trinajstić information content (AvgIpc) is 2.76. The summed E-state index contributed by atoms with van der Waals surface area (Å²) in [6.45, 7) is 4.35. The molecule has 0 radical (unpaired) electrons. The fourth-order valence-corrected chi connectivity index (χ4v) is 2.63. The van der Waals surface area contributed by atoms with Crippen LogP contribution in [0.4, 0.5) is 5.95 Å². The molecule has 0 atom stereocenters. The minimum atomic E-state index is 0.449. The van der Waals surface area contributed by atoms with Gasteiger partial charge < -0.3 is 5.73 Å². The Morgan fingerprint density at radius 1 is 1.10 bits per heavy atom. The van der Waals surface area contributed by atoms with Gasteiger partial charge in [-0.1, -0.05) is 43.6 Å². The van der Waals surface area contributed by atoms with Crippen molar-refractivity contribution in [1.82, 2.24) is 9.55 Å². The largest absolute Gasteiger partial charge is 0.369 e. The van der Waals surface area contributed by atoms with Gasteiger partial charge in [0.2, 0.25) is 5.95 Å². The average molecular weight is 286 g/mol. The number of hydrogen-bond acceptors (Lipinski definition) is 2. The van der Waals surface area contributed by atoms with Crippen molar-refractivity contribution < 1.29 is 0 Å². The van der Waals surface area contributed by atoms with E-state index in [2.05, 4.69) is 43.1 Å². The lowest BCUT2D eigenvalue weighted by atomic mass is 10.0. The van der Waals surface area contributed by atoms with Crippen LogP contribution in [0, 0.1) is 0 Å². The summed E-state index contributed by atoms with van der Waals surface area (Å²) in [5, 5.41) is 0.652. The summed E-state index contributed by atoms with van der Waals surface area (Å²) in [6.07, 6.45) is 0.